The van der Waals surface area contributed by atoms with Crippen molar-refractivity contribution in [1.82, 2.24) is 5.32 Å². The van der Waals surface area contributed by atoms with E-state index < -0.39 is 5.41 Å². The third-order valence-electron chi connectivity index (χ3n) is 3.12. The predicted molar refractivity (Wildman–Crippen MR) is 63.3 cm³/mol. The summed E-state index contributed by atoms with van der Waals surface area (Å²) in [5.41, 5.74) is 5.28. The van der Waals surface area contributed by atoms with E-state index in [0.717, 1.165) is 0 Å². The van der Waals surface area contributed by atoms with E-state index in [1.54, 1.807) is 12.1 Å². The lowest BCUT2D eigenvalue weighted by molar-refractivity contribution is -0.124. The van der Waals surface area contributed by atoms with Gasteiger partial charge in [0.25, 0.3) is 0 Å². The van der Waals surface area contributed by atoms with Crippen LogP contribution in [0.25, 0.3) is 0 Å². The molecule has 0 aromatic heterocycles. The standard InChI is InChI=1S/C12H14FN3O2/c13-9-3-1-2-8(6-9)7-15-11(17)12(4-5-12)10(14)16-18/h1-3,6,18H,4-5,7H2,(H2,14,16)(H,15,17). The molecule has 0 spiro atoms. The van der Waals surface area contributed by atoms with Crippen LogP contribution in [0.15, 0.2) is 29.4 Å². The molecule has 0 heterocycles. The van der Waals surface area contributed by atoms with Crippen molar-refractivity contribution in [2.24, 2.45) is 16.3 Å². The average Bonchev–Trinajstić information content (AvgIpc) is 3.16. The highest BCUT2D eigenvalue weighted by atomic mass is 19.1. The number of nitrogens with zero attached hydrogens (tertiary/aromatic N) is 1. The van der Waals surface area contributed by atoms with E-state index in [4.69, 9.17) is 10.9 Å². The highest BCUT2D eigenvalue weighted by molar-refractivity contribution is 6.09. The summed E-state index contributed by atoms with van der Waals surface area (Å²) in [5, 5.41) is 14.2. The van der Waals surface area contributed by atoms with Crippen LogP contribution in [0.5, 0.6) is 0 Å². The molecule has 0 saturated heterocycles. The molecular formula is C12H14FN3O2. The Morgan fingerprint density at radius 2 is 2.28 bits per heavy atom. The second-order valence-electron chi connectivity index (χ2n) is 4.38. The highest BCUT2D eigenvalue weighted by Gasteiger charge is 2.54. The van der Waals surface area contributed by atoms with Crippen LogP contribution >= 0.6 is 0 Å². The average molecular weight is 251 g/mol. The third-order valence-corrected chi connectivity index (χ3v) is 3.12. The maximum atomic E-state index is 12.9. The second kappa shape index (κ2) is 4.64. The van der Waals surface area contributed by atoms with Gasteiger partial charge in [-0.2, -0.15) is 0 Å². The fourth-order valence-corrected chi connectivity index (χ4v) is 1.82. The topological polar surface area (TPSA) is 87.7 Å². The van der Waals surface area contributed by atoms with Crippen molar-refractivity contribution in [3.63, 3.8) is 0 Å². The first-order chi connectivity index (χ1) is 8.58. The normalized spacial score (nSPS) is 17.3. The van der Waals surface area contributed by atoms with Crippen LogP contribution in [0.1, 0.15) is 18.4 Å². The zero-order valence-corrected chi connectivity index (χ0v) is 9.69. The second-order valence-corrected chi connectivity index (χ2v) is 4.38. The molecule has 1 amide bonds. The summed E-state index contributed by atoms with van der Waals surface area (Å²) in [6.07, 6.45) is 1.13. The fourth-order valence-electron chi connectivity index (χ4n) is 1.82. The largest absolute Gasteiger partial charge is 0.409 e. The lowest BCUT2D eigenvalue weighted by Crippen LogP contribution is -2.40. The molecule has 1 aliphatic carbocycles. The molecule has 0 radical (unpaired) electrons. The Kier molecular flexibility index (Phi) is 3.18. The summed E-state index contributed by atoms with van der Waals surface area (Å²) in [6, 6.07) is 5.98. The van der Waals surface area contributed by atoms with E-state index in [0.29, 0.717) is 18.4 Å². The molecule has 0 aliphatic heterocycles. The molecule has 4 N–H and O–H groups in total. The summed E-state index contributed by atoms with van der Waals surface area (Å²) in [6.45, 7) is 0.219. The van der Waals surface area contributed by atoms with Crippen molar-refractivity contribution in [3.05, 3.63) is 35.6 Å². The number of nitrogens with two attached hydrogens (primary N) is 1. The fraction of sp³-hybridized carbons (Fsp3) is 0.333. The zero-order valence-electron chi connectivity index (χ0n) is 9.69. The van der Waals surface area contributed by atoms with Crippen molar-refractivity contribution in [2.75, 3.05) is 0 Å². The van der Waals surface area contributed by atoms with Crippen molar-refractivity contribution in [3.8, 4) is 0 Å². The number of oxime groups is 1. The molecule has 18 heavy (non-hydrogen) atoms. The van der Waals surface area contributed by atoms with Gasteiger partial charge < -0.3 is 16.3 Å². The maximum absolute atomic E-state index is 12.9. The Hall–Kier alpha value is -2.11. The molecule has 96 valence electrons. The first kappa shape index (κ1) is 12.3. The number of rotatable bonds is 4. The molecular weight excluding hydrogens is 237 g/mol. The quantitative estimate of drug-likeness (QED) is 0.322. The Labute approximate surface area is 103 Å². The van der Waals surface area contributed by atoms with Gasteiger partial charge >= 0.3 is 0 Å². The highest BCUT2D eigenvalue weighted by Crippen LogP contribution is 2.46. The molecule has 1 aromatic carbocycles. The van der Waals surface area contributed by atoms with E-state index in [2.05, 4.69) is 10.5 Å². The first-order valence-electron chi connectivity index (χ1n) is 5.59. The number of halogens is 1. The lowest BCUT2D eigenvalue weighted by Gasteiger charge is -2.13. The molecule has 0 unspecified atom stereocenters. The molecule has 1 saturated carbocycles. The van der Waals surface area contributed by atoms with Crippen molar-refractivity contribution in [1.29, 1.82) is 0 Å². The van der Waals surface area contributed by atoms with Gasteiger partial charge in [0.2, 0.25) is 5.91 Å². The van der Waals surface area contributed by atoms with Crippen LogP contribution < -0.4 is 11.1 Å². The van der Waals surface area contributed by atoms with Gasteiger partial charge in [-0.15, -0.1) is 0 Å². The molecule has 5 nitrogen and oxygen atoms in total. The van der Waals surface area contributed by atoms with Crippen LogP contribution in [0.3, 0.4) is 0 Å². The van der Waals surface area contributed by atoms with Crippen LogP contribution in [0.4, 0.5) is 4.39 Å². The maximum Gasteiger partial charge on any atom is 0.234 e. The van der Waals surface area contributed by atoms with E-state index in [1.165, 1.54) is 12.1 Å². The number of benzene rings is 1. The molecule has 1 aliphatic rings. The minimum Gasteiger partial charge on any atom is -0.409 e. The Morgan fingerprint density at radius 3 is 2.83 bits per heavy atom. The van der Waals surface area contributed by atoms with Crippen LogP contribution in [-0.4, -0.2) is 17.0 Å². The zero-order chi connectivity index (χ0) is 13.2. The van der Waals surface area contributed by atoms with Crippen LogP contribution in [-0.2, 0) is 11.3 Å². The number of hydrogen-bond acceptors (Lipinski definition) is 3. The molecule has 6 heteroatoms. The number of amides is 1. The van der Waals surface area contributed by atoms with Gasteiger partial charge in [0.15, 0.2) is 5.84 Å². The molecule has 0 bridgehead atoms. The van der Waals surface area contributed by atoms with Crippen molar-refractivity contribution < 1.29 is 14.4 Å². The number of carbonyl (C=O) groups is 1. The van der Waals surface area contributed by atoms with Gasteiger partial charge in [-0.3, -0.25) is 4.79 Å². The Bertz CT molecular complexity index is 498. The smallest absolute Gasteiger partial charge is 0.234 e. The van der Waals surface area contributed by atoms with Gasteiger partial charge in [0, 0.05) is 6.54 Å². The Morgan fingerprint density at radius 1 is 1.56 bits per heavy atom. The van der Waals surface area contributed by atoms with Gasteiger partial charge in [-0.05, 0) is 30.5 Å². The lowest BCUT2D eigenvalue weighted by atomic mass is 10.1. The number of amidine groups is 1. The van der Waals surface area contributed by atoms with Gasteiger partial charge in [0.05, 0.1) is 0 Å². The van der Waals surface area contributed by atoms with E-state index in [1.807, 2.05) is 0 Å². The van der Waals surface area contributed by atoms with Crippen LogP contribution in [0, 0.1) is 11.2 Å². The van der Waals surface area contributed by atoms with Crippen LogP contribution in [0.2, 0.25) is 0 Å². The van der Waals surface area contributed by atoms with E-state index >= 15 is 0 Å². The minimum absolute atomic E-state index is 0.0701. The summed E-state index contributed by atoms with van der Waals surface area (Å²) in [4.78, 5) is 11.9. The summed E-state index contributed by atoms with van der Waals surface area (Å²) in [5.74, 6) is -0.708. The summed E-state index contributed by atoms with van der Waals surface area (Å²) in [7, 11) is 0. The molecule has 2 rings (SSSR count). The van der Waals surface area contributed by atoms with E-state index in [9.17, 15) is 9.18 Å². The minimum atomic E-state index is -0.873. The van der Waals surface area contributed by atoms with Crippen molar-refractivity contribution in [2.45, 2.75) is 19.4 Å². The molecule has 1 fully saturated rings. The Balaban J connectivity index is 1.97. The monoisotopic (exact) mass is 251 g/mol. The number of nitrogens with one attached hydrogen (secondary N) is 1. The SMILES string of the molecule is N/C(=N/O)C1(C(=O)NCc2cccc(F)c2)CC1. The first-order valence-corrected chi connectivity index (χ1v) is 5.59. The molecule has 1 aromatic rings. The number of carbonyl (C=O) groups excluding carboxylic acids is 1. The summed E-state index contributed by atoms with van der Waals surface area (Å²) >= 11 is 0. The third kappa shape index (κ3) is 2.27. The summed E-state index contributed by atoms with van der Waals surface area (Å²) < 4.78 is 12.9. The predicted octanol–water partition coefficient (Wildman–Crippen LogP) is 0.969. The van der Waals surface area contributed by atoms with E-state index in [-0.39, 0.29) is 24.1 Å². The molecule has 0 atom stereocenters. The van der Waals surface area contributed by atoms with Gasteiger partial charge in [-0.25, -0.2) is 4.39 Å². The van der Waals surface area contributed by atoms with Crippen molar-refractivity contribution >= 4 is 11.7 Å². The van der Waals surface area contributed by atoms with Gasteiger partial charge in [0.1, 0.15) is 11.2 Å². The van der Waals surface area contributed by atoms with Gasteiger partial charge in [-0.1, -0.05) is 17.3 Å². The number of hydrogen-bond donors (Lipinski definition) is 3.